The Morgan fingerprint density at radius 2 is 1.95 bits per heavy atom. The van der Waals surface area contributed by atoms with Crippen LogP contribution in [0.1, 0.15) is 23.7 Å². The van der Waals surface area contributed by atoms with Gasteiger partial charge in [-0.2, -0.15) is 0 Å². The average molecular weight is 309 g/mol. The molecule has 114 valence electrons. The molecule has 1 aliphatic heterocycles. The second-order valence-corrected chi connectivity index (χ2v) is 5.61. The van der Waals surface area contributed by atoms with Crippen molar-refractivity contribution in [2.45, 2.75) is 19.4 Å². The van der Waals surface area contributed by atoms with E-state index in [1.807, 2.05) is 6.92 Å². The van der Waals surface area contributed by atoms with E-state index in [1.165, 1.54) is 12.1 Å². The number of nitrogens with zero attached hydrogens (tertiary/aromatic N) is 2. The van der Waals surface area contributed by atoms with Crippen molar-refractivity contribution >= 4 is 23.1 Å². The number of hydrogen-bond donors (Lipinski definition) is 1. The third-order valence-corrected chi connectivity index (χ3v) is 4.13. The molecule has 0 saturated carbocycles. The fourth-order valence-corrected chi connectivity index (χ4v) is 3.00. The van der Waals surface area contributed by atoms with Crippen molar-refractivity contribution in [1.29, 1.82) is 0 Å². The fraction of sp³-hybridized carbons (Fsp3) is 0.467. The zero-order valence-corrected chi connectivity index (χ0v) is 12.9. The van der Waals surface area contributed by atoms with Gasteiger partial charge in [0.1, 0.15) is 5.82 Å². The highest BCUT2D eigenvalue weighted by atomic mass is 32.1. The van der Waals surface area contributed by atoms with Gasteiger partial charge in [0.15, 0.2) is 0 Å². The molecule has 0 bridgehead atoms. The highest BCUT2D eigenvalue weighted by molar-refractivity contribution is 7.80. The Kier molecular flexibility index (Phi) is 5.25. The van der Waals surface area contributed by atoms with Crippen LogP contribution < -0.4 is 5.73 Å². The second-order valence-electron chi connectivity index (χ2n) is 5.13. The maximum absolute atomic E-state index is 13.7. The van der Waals surface area contributed by atoms with E-state index in [0.29, 0.717) is 31.2 Å². The van der Waals surface area contributed by atoms with Crippen molar-refractivity contribution in [2.75, 3.05) is 26.2 Å². The number of benzene rings is 1. The van der Waals surface area contributed by atoms with Gasteiger partial charge in [-0.3, -0.25) is 9.69 Å². The van der Waals surface area contributed by atoms with Crippen molar-refractivity contribution < 1.29 is 9.18 Å². The lowest BCUT2D eigenvalue weighted by Gasteiger charge is -2.38. The molecule has 1 amide bonds. The van der Waals surface area contributed by atoms with Gasteiger partial charge in [0.2, 0.25) is 0 Å². The number of carbonyl (C=O) groups is 1. The Labute approximate surface area is 129 Å². The summed E-state index contributed by atoms with van der Waals surface area (Å²) in [6, 6.07) is 6.16. The first-order chi connectivity index (χ1) is 10.0. The van der Waals surface area contributed by atoms with Crippen LogP contribution in [0.15, 0.2) is 24.3 Å². The number of nitrogens with two attached hydrogens (primary N) is 1. The first-order valence-corrected chi connectivity index (χ1v) is 7.52. The summed E-state index contributed by atoms with van der Waals surface area (Å²) in [5, 5.41) is 0. The van der Waals surface area contributed by atoms with Gasteiger partial charge in [0.05, 0.1) is 16.6 Å². The van der Waals surface area contributed by atoms with Crippen LogP contribution in [0.5, 0.6) is 0 Å². The van der Waals surface area contributed by atoms with Gasteiger partial charge in [-0.15, -0.1) is 0 Å². The SMILES string of the molecule is CCC(C(N)=S)N1CCN(C(=O)c2ccccc2F)CC1. The molecule has 1 atom stereocenters. The van der Waals surface area contributed by atoms with E-state index < -0.39 is 5.82 Å². The highest BCUT2D eigenvalue weighted by Gasteiger charge is 2.27. The molecule has 2 N–H and O–H groups in total. The maximum atomic E-state index is 13.7. The third-order valence-electron chi connectivity index (χ3n) is 3.86. The van der Waals surface area contributed by atoms with Crippen LogP contribution in [-0.4, -0.2) is 52.9 Å². The third kappa shape index (κ3) is 3.57. The van der Waals surface area contributed by atoms with Gasteiger partial charge in [0.25, 0.3) is 5.91 Å². The molecule has 1 unspecified atom stereocenters. The van der Waals surface area contributed by atoms with Crippen molar-refractivity contribution in [3.05, 3.63) is 35.6 Å². The fourth-order valence-electron chi connectivity index (χ4n) is 2.68. The monoisotopic (exact) mass is 309 g/mol. The quantitative estimate of drug-likeness (QED) is 0.859. The van der Waals surface area contributed by atoms with Crippen LogP contribution in [0.3, 0.4) is 0 Å². The Hall–Kier alpha value is -1.53. The van der Waals surface area contributed by atoms with Gasteiger partial charge in [-0.1, -0.05) is 31.3 Å². The number of amides is 1. The smallest absolute Gasteiger partial charge is 0.256 e. The molecule has 21 heavy (non-hydrogen) atoms. The summed E-state index contributed by atoms with van der Waals surface area (Å²) in [5.41, 5.74) is 5.87. The van der Waals surface area contributed by atoms with E-state index in [0.717, 1.165) is 6.42 Å². The summed E-state index contributed by atoms with van der Waals surface area (Å²) >= 11 is 5.08. The minimum absolute atomic E-state index is 0.0747. The highest BCUT2D eigenvalue weighted by Crippen LogP contribution is 2.14. The number of halogens is 1. The van der Waals surface area contributed by atoms with E-state index in [9.17, 15) is 9.18 Å². The molecule has 1 aromatic rings. The lowest BCUT2D eigenvalue weighted by molar-refractivity contribution is 0.0607. The van der Waals surface area contributed by atoms with Gasteiger partial charge in [0, 0.05) is 26.2 Å². The van der Waals surface area contributed by atoms with Crippen LogP contribution in [0.4, 0.5) is 4.39 Å². The average Bonchev–Trinajstić information content (AvgIpc) is 2.48. The normalized spacial score (nSPS) is 17.5. The predicted octanol–water partition coefficient (Wildman–Crippen LogP) is 1.65. The first-order valence-electron chi connectivity index (χ1n) is 7.11. The molecule has 1 fully saturated rings. The number of carbonyl (C=O) groups excluding carboxylic acids is 1. The number of rotatable bonds is 4. The Morgan fingerprint density at radius 1 is 1.33 bits per heavy atom. The minimum Gasteiger partial charge on any atom is -0.392 e. The van der Waals surface area contributed by atoms with E-state index in [4.69, 9.17) is 18.0 Å². The minimum atomic E-state index is -0.473. The zero-order chi connectivity index (χ0) is 15.4. The molecule has 1 saturated heterocycles. The number of thiocarbonyl (C=S) groups is 1. The predicted molar refractivity (Wildman–Crippen MR) is 84.7 cm³/mol. The summed E-state index contributed by atoms with van der Waals surface area (Å²) in [4.78, 5) is 16.7. The Bertz CT molecular complexity index is 529. The van der Waals surface area contributed by atoms with Gasteiger partial charge in [-0.05, 0) is 18.6 Å². The van der Waals surface area contributed by atoms with Crippen LogP contribution in [-0.2, 0) is 0 Å². The van der Waals surface area contributed by atoms with Crippen LogP contribution in [0.2, 0.25) is 0 Å². The molecule has 4 nitrogen and oxygen atoms in total. The van der Waals surface area contributed by atoms with E-state index in [-0.39, 0.29) is 17.5 Å². The lowest BCUT2D eigenvalue weighted by atomic mass is 10.1. The summed E-state index contributed by atoms with van der Waals surface area (Å²) in [6.45, 7) is 4.57. The van der Waals surface area contributed by atoms with Gasteiger partial charge < -0.3 is 10.6 Å². The van der Waals surface area contributed by atoms with Crippen molar-refractivity contribution in [1.82, 2.24) is 9.80 Å². The molecule has 1 heterocycles. The summed E-state index contributed by atoms with van der Waals surface area (Å²) in [5.74, 6) is -0.726. The van der Waals surface area contributed by atoms with Crippen LogP contribution in [0.25, 0.3) is 0 Å². The molecule has 2 rings (SSSR count). The molecule has 0 radical (unpaired) electrons. The van der Waals surface area contributed by atoms with Gasteiger partial charge >= 0.3 is 0 Å². The largest absolute Gasteiger partial charge is 0.392 e. The van der Waals surface area contributed by atoms with Crippen LogP contribution >= 0.6 is 12.2 Å². The number of hydrogen-bond acceptors (Lipinski definition) is 3. The molecule has 1 aliphatic rings. The summed E-state index contributed by atoms with van der Waals surface area (Å²) < 4.78 is 13.7. The molecule has 0 aliphatic carbocycles. The molecular weight excluding hydrogens is 289 g/mol. The Balaban J connectivity index is 2.00. The van der Waals surface area contributed by atoms with Crippen molar-refractivity contribution in [3.8, 4) is 0 Å². The van der Waals surface area contributed by atoms with Gasteiger partial charge in [-0.25, -0.2) is 4.39 Å². The second kappa shape index (κ2) is 6.95. The molecular formula is C15H20FN3OS. The molecule has 1 aromatic carbocycles. The van der Waals surface area contributed by atoms with Crippen LogP contribution in [0, 0.1) is 5.82 Å². The molecule has 0 spiro atoms. The number of piperazine rings is 1. The van der Waals surface area contributed by atoms with Crippen molar-refractivity contribution in [2.24, 2.45) is 5.73 Å². The van der Waals surface area contributed by atoms with Crippen molar-refractivity contribution in [3.63, 3.8) is 0 Å². The maximum Gasteiger partial charge on any atom is 0.256 e. The zero-order valence-electron chi connectivity index (χ0n) is 12.1. The first kappa shape index (κ1) is 15.9. The molecule has 6 heteroatoms. The summed E-state index contributed by atoms with van der Waals surface area (Å²) in [7, 11) is 0. The molecule has 0 aromatic heterocycles. The topological polar surface area (TPSA) is 49.6 Å². The van der Waals surface area contributed by atoms with E-state index in [1.54, 1.807) is 17.0 Å². The Morgan fingerprint density at radius 3 is 2.48 bits per heavy atom. The lowest BCUT2D eigenvalue weighted by Crippen LogP contribution is -2.54. The standard InChI is InChI=1S/C15H20FN3OS/c1-2-13(14(17)21)18-7-9-19(10-8-18)15(20)11-5-3-4-6-12(11)16/h3-6,13H,2,7-10H2,1H3,(H2,17,21). The van der Waals surface area contributed by atoms with E-state index >= 15 is 0 Å². The summed E-state index contributed by atoms with van der Waals surface area (Å²) in [6.07, 6.45) is 0.858. The van der Waals surface area contributed by atoms with E-state index in [2.05, 4.69) is 4.90 Å².